The maximum Gasteiger partial charge on any atom is 0.223 e. The summed E-state index contributed by atoms with van der Waals surface area (Å²) in [7, 11) is 0. The zero-order chi connectivity index (χ0) is 17.6. The Kier molecular flexibility index (Phi) is 6.08. The van der Waals surface area contributed by atoms with Gasteiger partial charge in [0.05, 0.1) is 0 Å². The van der Waals surface area contributed by atoms with Gasteiger partial charge in [0.2, 0.25) is 11.8 Å². The second-order valence-corrected chi connectivity index (χ2v) is 7.36. The molecule has 2 amide bonds. The molecule has 25 heavy (non-hydrogen) atoms. The van der Waals surface area contributed by atoms with E-state index in [4.69, 9.17) is 0 Å². The molecule has 2 saturated heterocycles. The summed E-state index contributed by atoms with van der Waals surface area (Å²) in [6, 6.07) is 10.3. The van der Waals surface area contributed by atoms with E-state index in [2.05, 4.69) is 22.8 Å². The largest absolute Gasteiger partial charge is 0.353 e. The predicted octanol–water partition coefficient (Wildman–Crippen LogP) is 1.58. The summed E-state index contributed by atoms with van der Waals surface area (Å²) in [6.45, 7) is 5.41. The van der Waals surface area contributed by atoms with Crippen LogP contribution in [0, 0.1) is 11.8 Å². The average Bonchev–Trinajstić information content (AvgIpc) is 2.59. The van der Waals surface area contributed by atoms with E-state index in [1.165, 1.54) is 5.56 Å². The number of nitrogens with one attached hydrogen (secondary N) is 2. The van der Waals surface area contributed by atoms with Gasteiger partial charge in [-0.3, -0.25) is 9.59 Å². The Balaban J connectivity index is 1.37. The van der Waals surface area contributed by atoms with E-state index >= 15 is 0 Å². The monoisotopic (exact) mass is 343 g/mol. The Hall–Kier alpha value is -1.88. The van der Waals surface area contributed by atoms with Crippen LogP contribution in [0.25, 0.3) is 0 Å². The third-order valence-electron chi connectivity index (χ3n) is 5.60. The molecule has 2 aliphatic rings. The van der Waals surface area contributed by atoms with E-state index in [9.17, 15) is 9.59 Å². The highest BCUT2D eigenvalue weighted by Gasteiger charge is 2.31. The Bertz CT molecular complexity index is 578. The standard InChI is InChI=1S/C20H29N3O2/c1-15(17-13-21-14-17)20(25)22-18-9-11-23(12-10-18)19(24)8-7-16-5-3-2-4-6-16/h2-6,15,17-18,21H,7-14H2,1H3,(H,22,25). The number of piperidine rings is 1. The molecular weight excluding hydrogens is 314 g/mol. The molecule has 1 atom stereocenters. The van der Waals surface area contributed by atoms with Gasteiger partial charge in [0.1, 0.15) is 0 Å². The van der Waals surface area contributed by atoms with Crippen molar-refractivity contribution in [3.05, 3.63) is 35.9 Å². The molecule has 5 heteroatoms. The van der Waals surface area contributed by atoms with Gasteiger partial charge in [0.25, 0.3) is 0 Å². The lowest BCUT2D eigenvalue weighted by Crippen LogP contribution is -2.52. The maximum atomic E-state index is 12.4. The number of hydrogen-bond acceptors (Lipinski definition) is 3. The van der Waals surface area contributed by atoms with Crippen molar-refractivity contribution in [2.24, 2.45) is 11.8 Å². The van der Waals surface area contributed by atoms with Gasteiger partial charge in [0.15, 0.2) is 0 Å². The second kappa shape index (κ2) is 8.48. The number of amides is 2. The molecule has 0 bridgehead atoms. The molecule has 5 nitrogen and oxygen atoms in total. The van der Waals surface area contributed by atoms with E-state index in [1.807, 2.05) is 30.0 Å². The van der Waals surface area contributed by atoms with Gasteiger partial charge in [0, 0.05) is 31.5 Å². The van der Waals surface area contributed by atoms with Gasteiger partial charge in [-0.05, 0) is 43.8 Å². The van der Waals surface area contributed by atoms with E-state index in [-0.39, 0.29) is 23.8 Å². The van der Waals surface area contributed by atoms with E-state index in [0.717, 1.165) is 45.4 Å². The number of rotatable bonds is 6. The number of carbonyl (C=O) groups is 2. The van der Waals surface area contributed by atoms with Crippen LogP contribution >= 0.6 is 0 Å². The van der Waals surface area contributed by atoms with Crippen LogP contribution in [0.1, 0.15) is 31.7 Å². The topological polar surface area (TPSA) is 61.4 Å². The van der Waals surface area contributed by atoms with Crippen molar-refractivity contribution in [1.82, 2.24) is 15.5 Å². The first kappa shape index (κ1) is 17.9. The molecule has 2 heterocycles. The van der Waals surface area contributed by atoms with Gasteiger partial charge in [-0.15, -0.1) is 0 Å². The van der Waals surface area contributed by atoms with Crippen molar-refractivity contribution >= 4 is 11.8 Å². The number of likely N-dealkylation sites (tertiary alicyclic amines) is 1. The number of nitrogens with zero attached hydrogens (tertiary/aromatic N) is 1. The quantitative estimate of drug-likeness (QED) is 0.824. The minimum absolute atomic E-state index is 0.0757. The average molecular weight is 343 g/mol. The molecule has 1 aromatic carbocycles. The van der Waals surface area contributed by atoms with Gasteiger partial charge in [-0.1, -0.05) is 37.3 Å². The van der Waals surface area contributed by atoms with Crippen LogP contribution in [-0.2, 0) is 16.0 Å². The fraction of sp³-hybridized carbons (Fsp3) is 0.600. The fourth-order valence-electron chi connectivity index (χ4n) is 3.54. The number of benzene rings is 1. The molecule has 2 aliphatic heterocycles. The maximum absolute atomic E-state index is 12.4. The molecule has 2 N–H and O–H groups in total. The van der Waals surface area contributed by atoms with Crippen LogP contribution in [0.3, 0.4) is 0 Å². The van der Waals surface area contributed by atoms with E-state index < -0.39 is 0 Å². The van der Waals surface area contributed by atoms with Crippen molar-refractivity contribution in [1.29, 1.82) is 0 Å². The first-order valence-corrected chi connectivity index (χ1v) is 9.46. The summed E-state index contributed by atoms with van der Waals surface area (Å²) in [6.07, 6.45) is 3.08. The lowest BCUT2D eigenvalue weighted by Gasteiger charge is -2.35. The second-order valence-electron chi connectivity index (χ2n) is 7.36. The SMILES string of the molecule is CC(C(=O)NC1CCN(C(=O)CCc2ccccc2)CC1)C1CNC1. The lowest BCUT2D eigenvalue weighted by molar-refractivity contribution is -0.132. The van der Waals surface area contributed by atoms with Crippen LogP contribution in [0.4, 0.5) is 0 Å². The minimum atomic E-state index is 0.0757. The van der Waals surface area contributed by atoms with Crippen molar-refractivity contribution in [2.75, 3.05) is 26.2 Å². The Labute approximate surface area is 150 Å². The van der Waals surface area contributed by atoms with Crippen molar-refractivity contribution in [3.8, 4) is 0 Å². The summed E-state index contributed by atoms with van der Waals surface area (Å²) in [5, 5.41) is 6.40. The van der Waals surface area contributed by atoms with Crippen LogP contribution in [0.15, 0.2) is 30.3 Å². The molecule has 1 aromatic rings. The first-order valence-electron chi connectivity index (χ1n) is 9.46. The first-order chi connectivity index (χ1) is 12.1. The lowest BCUT2D eigenvalue weighted by atomic mass is 9.88. The predicted molar refractivity (Wildman–Crippen MR) is 98.0 cm³/mol. The molecule has 0 aromatic heterocycles. The normalized spacial score (nSPS) is 20.0. The zero-order valence-corrected chi connectivity index (χ0v) is 15.0. The molecule has 0 spiro atoms. The van der Waals surface area contributed by atoms with Gasteiger partial charge < -0.3 is 15.5 Å². The summed E-state index contributed by atoms with van der Waals surface area (Å²) in [5.41, 5.74) is 1.21. The molecule has 1 unspecified atom stereocenters. The molecule has 0 saturated carbocycles. The summed E-state index contributed by atoms with van der Waals surface area (Å²) < 4.78 is 0. The zero-order valence-electron chi connectivity index (χ0n) is 15.0. The van der Waals surface area contributed by atoms with Crippen LogP contribution in [0.5, 0.6) is 0 Å². The van der Waals surface area contributed by atoms with Gasteiger partial charge in [-0.2, -0.15) is 0 Å². The summed E-state index contributed by atoms with van der Waals surface area (Å²) in [4.78, 5) is 26.6. The Morgan fingerprint density at radius 3 is 2.48 bits per heavy atom. The van der Waals surface area contributed by atoms with Crippen LogP contribution < -0.4 is 10.6 Å². The smallest absolute Gasteiger partial charge is 0.223 e. The van der Waals surface area contributed by atoms with Gasteiger partial charge in [-0.25, -0.2) is 0 Å². The van der Waals surface area contributed by atoms with E-state index in [1.54, 1.807) is 0 Å². The van der Waals surface area contributed by atoms with Crippen LogP contribution in [0.2, 0.25) is 0 Å². The highest BCUT2D eigenvalue weighted by atomic mass is 16.2. The minimum Gasteiger partial charge on any atom is -0.353 e. The Morgan fingerprint density at radius 2 is 1.88 bits per heavy atom. The van der Waals surface area contributed by atoms with Gasteiger partial charge >= 0.3 is 0 Å². The number of aryl methyl sites for hydroxylation is 1. The molecule has 0 aliphatic carbocycles. The van der Waals surface area contributed by atoms with E-state index in [0.29, 0.717) is 12.3 Å². The molecule has 3 rings (SSSR count). The number of carbonyl (C=O) groups excluding carboxylic acids is 2. The summed E-state index contributed by atoms with van der Waals surface area (Å²) in [5.74, 6) is 0.939. The molecule has 136 valence electrons. The third kappa shape index (κ3) is 4.82. The van der Waals surface area contributed by atoms with Crippen molar-refractivity contribution < 1.29 is 9.59 Å². The van der Waals surface area contributed by atoms with Crippen molar-refractivity contribution in [2.45, 2.75) is 38.6 Å². The molecule has 0 radical (unpaired) electrons. The summed E-state index contributed by atoms with van der Waals surface area (Å²) >= 11 is 0. The fourth-order valence-corrected chi connectivity index (χ4v) is 3.54. The molecular formula is C20H29N3O2. The molecule has 2 fully saturated rings. The third-order valence-corrected chi connectivity index (χ3v) is 5.60. The Morgan fingerprint density at radius 1 is 1.20 bits per heavy atom. The highest BCUT2D eigenvalue weighted by molar-refractivity contribution is 5.79. The highest BCUT2D eigenvalue weighted by Crippen LogP contribution is 2.18. The van der Waals surface area contributed by atoms with Crippen molar-refractivity contribution in [3.63, 3.8) is 0 Å². The van der Waals surface area contributed by atoms with Crippen LogP contribution in [-0.4, -0.2) is 48.9 Å². The number of hydrogen-bond donors (Lipinski definition) is 2.